The number of para-hydroxylation sites is 1. The topological polar surface area (TPSA) is 42.4 Å². The third-order valence-electron chi connectivity index (χ3n) is 2.76. The van der Waals surface area contributed by atoms with E-state index in [1.165, 1.54) is 17.0 Å². The molecule has 1 amide bonds. The first-order valence-corrected chi connectivity index (χ1v) is 6.17. The monoisotopic (exact) mass is 274 g/mol. The van der Waals surface area contributed by atoms with E-state index in [4.69, 9.17) is 4.74 Å². The van der Waals surface area contributed by atoms with Crippen molar-refractivity contribution in [3.8, 4) is 5.75 Å². The first kappa shape index (κ1) is 14.0. The Morgan fingerprint density at radius 3 is 2.80 bits per heavy atom. The Morgan fingerprint density at radius 2 is 2.10 bits per heavy atom. The van der Waals surface area contributed by atoms with E-state index in [1.54, 1.807) is 31.6 Å². The number of likely N-dealkylation sites (N-methyl/N-ethyl adjacent to an activating group) is 1. The first-order valence-electron chi connectivity index (χ1n) is 6.17. The number of aromatic nitrogens is 1. The van der Waals surface area contributed by atoms with Crippen molar-refractivity contribution < 1.29 is 13.9 Å². The number of rotatable bonds is 5. The molecule has 0 N–H and O–H groups in total. The number of nitrogens with zero attached hydrogens (tertiary/aromatic N) is 2. The molecule has 0 atom stereocenters. The predicted octanol–water partition coefficient (Wildman–Crippen LogP) is 2.26. The molecule has 20 heavy (non-hydrogen) atoms. The summed E-state index contributed by atoms with van der Waals surface area (Å²) in [6.45, 7) is 0.241. The van der Waals surface area contributed by atoms with E-state index in [0.29, 0.717) is 6.54 Å². The van der Waals surface area contributed by atoms with Gasteiger partial charge in [0.15, 0.2) is 18.2 Å². The van der Waals surface area contributed by atoms with Crippen LogP contribution in [-0.4, -0.2) is 29.4 Å². The molecule has 0 bridgehead atoms. The van der Waals surface area contributed by atoms with Gasteiger partial charge in [0.1, 0.15) is 0 Å². The maximum atomic E-state index is 13.3. The lowest BCUT2D eigenvalue weighted by molar-refractivity contribution is -0.132. The Kier molecular flexibility index (Phi) is 4.65. The highest BCUT2D eigenvalue weighted by molar-refractivity contribution is 5.77. The van der Waals surface area contributed by atoms with Crippen LogP contribution in [0.15, 0.2) is 48.8 Å². The first-order chi connectivity index (χ1) is 9.66. The Hall–Kier alpha value is -2.43. The minimum absolute atomic E-state index is 0.0793. The van der Waals surface area contributed by atoms with Crippen molar-refractivity contribution in [1.82, 2.24) is 9.88 Å². The van der Waals surface area contributed by atoms with Gasteiger partial charge in [0.25, 0.3) is 5.91 Å². The highest BCUT2D eigenvalue weighted by Crippen LogP contribution is 2.15. The van der Waals surface area contributed by atoms with Gasteiger partial charge < -0.3 is 9.64 Å². The highest BCUT2D eigenvalue weighted by atomic mass is 19.1. The second-order valence-corrected chi connectivity index (χ2v) is 4.33. The third-order valence-corrected chi connectivity index (χ3v) is 2.76. The summed E-state index contributed by atoms with van der Waals surface area (Å²) in [5.74, 6) is -0.622. The normalized spacial score (nSPS) is 10.1. The number of hydrogen-bond donors (Lipinski definition) is 0. The molecule has 1 aromatic heterocycles. The molecule has 0 saturated carbocycles. The van der Waals surface area contributed by atoms with Crippen LogP contribution in [0.1, 0.15) is 5.56 Å². The van der Waals surface area contributed by atoms with Crippen molar-refractivity contribution in [3.63, 3.8) is 0 Å². The number of amides is 1. The average molecular weight is 274 g/mol. The fraction of sp³-hybridized carbons (Fsp3) is 0.200. The van der Waals surface area contributed by atoms with Crippen LogP contribution in [0.4, 0.5) is 4.39 Å². The van der Waals surface area contributed by atoms with Gasteiger partial charge in [-0.2, -0.15) is 0 Å². The zero-order valence-electron chi connectivity index (χ0n) is 11.1. The van der Waals surface area contributed by atoms with Gasteiger partial charge in [0.2, 0.25) is 0 Å². The molecular weight excluding hydrogens is 259 g/mol. The van der Waals surface area contributed by atoms with Gasteiger partial charge in [-0.05, 0) is 23.8 Å². The van der Waals surface area contributed by atoms with Crippen LogP contribution in [0.3, 0.4) is 0 Å². The second kappa shape index (κ2) is 6.65. The molecule has 0 radical (unpaired) electrons. The van der Waals surface area contributed by atoms with Gasteiger partial charge in [0.05, 0.1) is 0 Å². The van der Waals surface area contributed by atoms with Gasteiger partial charge in [-0.15, -0.1) is 0 Å². The molecule has 0 aliphatic rings. The zero-order valence-corrected chi connectivity index (χ0v) is 11.1. The Bertz CT molecular complexity index is 575. The number of carbonyl (C=O) groups is 1. The summed E-state index contributed by atoms with van der Waals surface area (Å²) in [5.41, 5.74) is 0.925. The van der Waals surface area contributed by atoms with Gasteiger partial charge >= 0.3 is 0 Å². The average Bonchev–Trinajstić information content (AvgIpc) is 2.47. The summed E-state index contributed by atoms with van der Waals surface area (Å²) in [7, 11) is 1.67. The molecule has 2 rings (SSSR count). The maximum Gasteiger partial charge on any atom is 0.260 e. The molecule has 104 valence electrons. The van der Waals surface area contributed by atoms with Crippen molar-refractivity contribution in [1.29, 1.82) is 0 Å². The van der Waals surface area contributed by atoms with Gasteiger partial charge in [-0.1, -0.05) is 18.2 Å². The smallest absolute Gasteiger partial charge is 0.260 e. The number of hydrogen-bond acceptors (Lipinski definition) is 3. The van der Waals surface area contributed by atoms with E-state index in [2.05, 4.69) is 4.98 Å². The SMILES string of the molecule is CN(Cc1cccnc1)C(=O)COc1ccccc1F. The van der Waals surface area contributed by atoms with E-state index in [0.717, 1.165) is 5.56 Å². The van der Waals surface area contributed by atoms with Gasteiger partial charge in [-0.3, -0.25) is 9.78 Å². The minimum atomic E-state index is -0.477. The summed E-state index contributed by atoms with van der Waals surface area (Å²) in [6.07, 6.45) is 3.37. The van der Waals surface area contributed by atoms with E-state index in [1.807, 2.05) is 12.1 Å². The molecular formula is C15H15FN2O2. The number of halogens is 1. The largest absolute Gasteiger partial charge is 0.481 e. The summed E-state index contributed by atoms with van der Waals surface area (Å²) < 4.78 is 18.5. The molecule has 0 saturated heterocycles. The summed E-state index contributed by atoms with van der Waals surface area (Å²) in [4.78, 5) is 17.4. The van der Waals surface area contributed by atoms with Crippen molar-refractivity contribution in [2.45, 2.75) is 6.54 Å². The van der Waals surface area contributed by atoms with Crippen molar-refractivity contribution >= 4 is 5.91 Å². The van der Waals surface area contributed by atoms with E-state index in [-0.39, 0.29) is 18.3 Å². The van der Waals surface area contributed by atoms with Crippen molar-refractivity contribution in [2.24, 2.45) is 0 Å². The molecule has 2 aromatic rings. The lowest BCUT2D eigenvalue weighted by Crippen LogP contribution is -2.31. The molecule has 0 unspecified atom stereocenters. The molecule has 1 heterocycles. The number of benzene rings is 1. The van der Waals surface area contributed by atoms with Crippen molar-refractivity contribution in [3.05, 3.63) is 60.2 Å². The highest BCUT2D eigenvalue weighted by Gasteiger charge is 2.11. The molecule has 5 heteroatoms. The summed E-state index contributed by atoms with van der Waals surface area (Å²) >= 11 is 0. The summed E-state index contributed by atoms with van der Waals surface area (Å²) in [6, 6.07) is 9.70. The molecule has 0 aliphatic heterocycles. The predicted molar refractivity (Wildman–Crippen MR) is 72.6 cm³/mol. The number of ether oxygens (including phenoxy) is 1. The minimum Gasteiger partial charge on any atom is -0.481 e. The zero-order chi connectivity index (χ0) is 14.4. The Balaban J connectivity index is 1.87. The number of carbonyl (C=O) groups excluding carboxylic acids is 1. The van der Waals surface area contributed by atoms with Crippen LogP contribution in [0.25, 0.3) is 0 Å². The molecule has 0 aliphatic carbocycles. The van der Waals surface area contributed by atoms with Crippen LogP contribution < -0.4 is 4.74 Å². The van der Waals surface area contributed by atoms with Crippen LogP contribution in [0, 0.1) is 5.82 Å². The summed E-state index contributed by atoms with van der Waals surface area (Å²) in [5, 5.41) is 0. The molecule has 0 fully saturated rings. The van der Waals surface area contributed by atoms with Gasteiger partial charge in [0, 0.05) is 26.0 Å². The van der Waals surface area contributed by atoms with Gasteiger partial charge in [-0.25, -0.2) is 4.39 Å². The van der Waals surface area contributed by atoms with Crippen molar-refractivity contribution in [2.75, 3.05) is 13.7 Å². The second-order valence-electron chi connectivity index (χ2n) is 4.33. The molecule has 4 nitrogen and oxygen atoms in total. The van der Waals surface area contributed by atoms with E-state index in [9.17, 15) is 9.18 Å². The molecule has 0 spiro atoms. The quantitative estimate of drug-likeness (QED) is 0.840. The lowest BCUT2D eigenvalue weighted by atomic mass is 10.3. The fourth-order valence-corrected chi connectivity index (χ4v) is 1.67. The Labute approximate surface area is 116 Å². The number of pyridine rings is 1. The lowest BCUT2D eigenvalue weighted by Gasteiger charge is -2.17. The van der Waals surface area contributed by atoms with E-state index < -0.39 is 5.82 Å². The fourth-order valence-electron chi connectivity index (χ4n) is 1.67. The van der Waals surface area contributed by atoms with Crippen LogP contribution in [0.5, 0.6) is 5.75 Å². The van der Waals surface area contributed by atoms with Crippen LogP contribution in [-0.2, 0) is 11.3 Å². The molecule has 1 aromatic carbocycles. The standard InChI is InChI=1S/C15H15FN2O2/c1-18(10-12-5-4-8-17-9-12)15(19)11-20-14-7-3-2-6-13(14)16/h2-9H,10-11H2,1H3. The van der Waals surface area contributed by atoms with E-state index >= 15 is 0 Å². The third kappa shape index (κ3) is 3.78. The maximum absolute atomic E-state index is 13.3. The van der Waals surface area contributed by atoms with Crippen LogP contribution >= 0.6 is 0 Å². The van der Waals surface area contributed by atoms with Crippen LogP contribution in [0.2, 0.25) is 0 Å². The Morgan fingerprint density at radius 1 is 1.30 bits per heavy atom.